The number of nitrogens with two attached hydrogens (primary N) is 1. The van der Waals surface area contributed by atoms with Crippen molar-refractivity contribution in [1.29, 1.82) is 0 Å². The summed E-state index contributed by atoms with van der Waals surface area (Å²) < 4.78 is 10.8. The number of nitro groups is 1. The molecule has 3 aromatic rings. The lowest BCUT2D eigenvalue weighted by molar-refractivity contribution is -0.384. The summed E-state index contributed by atoms with van der Waals surface area (Å²) in [6.07, 6.45) is 3.27. The fourth-order valence-corrected chi connectivity index (χ4v) is 6.68. The van der Waals surface area contributed by atoms with Crippen LogP contribution < -0.4 is 10.6 Å². The van der Waals surface area contributed by atoms with Gasteiger partial charge in [0.25, 0.3) is 5.69 Å². The predicted molar refractivity (Wildman–Crippen MR) is 159 cm³/mol. The van der Waals surface area contributed by atoms with Crippen molar-refractivity contribution in [3.05, 3.63) is 109 Å². The number of rotatable bonds is 8. The number of aromatic nitrogens is 1. The quantitative estimate of drug-likeness (QED) is 0.163. The van der Waals surface area contributed by atoms with E-state index < -0.39 is 40.4 Å². The smallest absolute Gasteiger partial charge is 0.338 e. The minimum absolute atomic E-state index is 0.0231. The van der Waals surface area contributed by atoms with E-state index in [9.17, 15) is 24.5 Å². The molecule has 0 radical (unpaired) electrons. The molecule has 0 amide bonds. The largest absolute Gasteiger partial charge is 0.465 e. The number of hydrogen-bond acceptors (Lipinski definition) is 11. The monoisotopic (exact) mass is 602 g/mol. The average Bonchev–Trinajstić information content (AvgIpc) is 3.52. The minimum atomic E-state index is -1.19. The Bertz CT molecular complexity index is 1650. The lowest BCUT2D eigenvalue weighted by Crippen LogP contribution is -2.46. The van der Waals surface area contributed by atoms with Crippen LogP contribution in [0.25, 0.3) is 0 Å². The molecule has 1 aliphatic carbocycles. The molecule has 12 heteroatoms. The third-order valence-corrected chi connectivity index (χ3v) is 8.65. The molecule has 0 saturated heterocycles. The van der Waals surface area contributed by atoms with Crippen LogP contribution in [-0.4, -0.2) is 40.8 Å². The van der Waals surface area contributed by atoms with Gasteiger partial charge in [-0.2, -0.15) is 0 Å². The number of thiophene rings is 1. The number of carbonyl (C=O) groups is 3. The summed E-state index contributed by atoms with van der Waals surface area (Å²) in [5, 5.41) is 13.7. The minimum Gasteiger partial charge on any atom is -0.465 e. The summed E-state index contributed by atoms with van der Waals surface area (Å²) in [6.45, 7) is 5.20. The highest BCUT2D eigenvalue weighted by Crippen LogP contribution is 2.52. The topological polar surface area (TPSA) is 155 Å². The van der Waals surface area contributed by atoms with Crippen LogP contribution in [0.5, 0.6) is 0 Å². The molecule has 2 aromatic heterocycles. The summed E-state index contributed by atoms with van der Waals surface area (Å²) in [5.41, 5.74) is 8.69. The van der Waals surface area contributed by atoms with Crippen LogP contribution in [0, 0.1) is 23.0 Å². The van der Waals surface area contributed by atoms with Gasteiger partial charge in [0.1, 0.15) is 11.7 Å². The summed E-state index contributed by atoms with van der Waals surface area (Å²) >= 11 is 1.41. The van der Waals surface area contributed by atoms with Crippen molar-refractivity contribution in [2.24, 2.45) is 11.7 Å². The molecular weight excluding hydrogens is 572 g/mol. The van der Waals surface area contributed by atoms with E-state index in [4.69, 9.17) is 15.2 Å². The zero-order valence-electron chi connectivity index (χ0n) is 23.8. The number of ether oxygens (including phenoxy) is 2. The van der Waals surface area contributed by atoms with Gasteiger partial charge in [-0.25, -0.2) is 4.79 Å². The molecule has 0 fully saturated rings. The highest BCUT2D eigenvalue weighted by atomic mass is 32.1. The van der Waals surface area contributed by atoms with E-state index in [-0.39, 0.29) is 42.3 Å². The summed E-state index contributed by atoms with van der Waals surface area (Å²) in [7, 11) is 0. The lowest BCUT2D eigenvalue weighted by Gasteiger charge is -2.44. The standard InChI is InChI=1S/C31H30N4O7S/c1-4-41-30(37)25-20(23-9-7-13-43-23)15-22-26(28(25)36)24(18-8-6-12-33-16-18)27(31(38)42-5-2)29(32)34(22)21-14-19(35(39)40)11-10-17(21)3/h6-14,16,20,24-25H,4-5,15,32H2,1-3H3/t20-,24-,25-/m0/s1. The van der Waals surface area contributed by atoms with E-state index in [0.29, 0.717) is 22.5 Å². The number of ketones is 1. The van der Waals surface area contributed by atoms with Gasteiger partial charge < -0.3 is 15.2 Å². The van der Waals surface area contributed by atoms with Gasteiger partial charge >= 0.3 is 11.9 Å². The number of Topliss-reactive ketones (excluding diaryl/α,β-unsaturated/α-hetero) is 1. The molecule has 0 bridgehead atoms. The van der Waals surface area contributed by atoms with Gasteiger partial charge in [-0.1, -0.05) is 18.2 Å². The maximum atomic E-state index is 14.7. The Morgan fingerprint density at radius 3 is 2.56 bits per heavy atom. The number of anilines is 1. The Kier molecular flexibility index (Phi) is 8.40. The number of allylic oxidation sites excluding steroid dienone is 2. The normalized spacial score (nSPS) is 20.1. The average molecular weight is 603 g/mol. The van der Waals surface area contributed by atoms with Crippen LogP contribution in [0.4, 0.5) is 11.4 Å². The first kappa shape index (κ1) is 29.6. The van der Waals surface area contributed by atoms with Crippen LogP contribution >= 0.6 is 11.3 Å². The second-order valence-electron chi connectivity index (χ2n) is 10.1. The molecule has 1 aliphatic heterocycles. The van der Waals surface area contributed by atoms with Gasteiger partial charge in [0.15, 0.2) is 5.78 Å². The number of non-ortho nitro benzene ring substituents is 1. The molecule has 1 aromatic carbocycles. The zero-order chi connectivity index (χ0) is 30.8. The van der Waals surface area contributed by atoms with Gasteiger partial charge in [0.05, 0.1) is 35.3 Å². The van der Waals surface area contributed by atoms with E-state index >= 15 is 0 Å². The number of hydrogen-bond donors (Lipinski definition) is 1. The molecule has 222 valence electrons. The molecular formula is C31H30N4O7S. The van der Waals surface area contributed by atoms with Crippen molar-refractivity contribution >= 4 is 40.4 Å². The van der Waals surface area contributed by atoms with E-state index in [0.717, 1.165) is 4.88 Å². The van der Waals surface area contributed by atoms with Crippen molar-refractivity contribution in [3.63, 3.8) is 0 Å². The van der Waals surface area contributed by atoms with Crippen LogP contribution in [0.3, 0.4) is 0 Å². The second-order valence-corrected chi connectivity index (χ2v) is 11.1. The van der Waals surface area contributed by atoms with Crippen molar-refractivity contribution in [3.8, 4) is 0 Å². The lowest BCUT2D eigenvalue weighted by atomic mass is 9.68. The molecule has 2 aliphatic rings. The van der Waals surface area contributed by atoms with Gasteiger partial charge in [-0.15, -0.1) is 11.3 Å². The highest BCUT2D eigenvalue weighted by molar-refractivity contribution is 7.10. The maximum absolute atomic E-state index is 14.7. The summed E-state index contributed by atoms with van der Waals surface area (Å²) in [4.78, 5) is 59.6. The number of benzene rings is 1. The maximum Gasteiger partial charge on any atom is 0.338 e. The van der Waals surface area contributed by atoms with Crippen molar-refractivity contribution in [2.75, 3.05) is 18.1 Å². The Hall–Kier alpha value is -4.84. The fraction of sp³-hybridized carbons (Fsp3) is 0.290. The van der Waals surface area contributed by atoms with Crippen molar-refractivity contribution in [1.82, 2.24) is 4.98 Å². The third kappa shape index (κ3) is 5.29. The highest BCUT2D eigenvalue weighted by Gasteiger charge is 2.52. The summed E-state index contributed by atoms with van der Waals surface area (Å²) in [5.74, 6) is -4.76. The van der Waals surface area contributed by atoms with Crippen LogP contribution in [0.2, 0.25) is 0 Å². The van der Waals surface area contributed by atoms with Crippen molar-refractivity contribution in [2.45, 2.75) is 39.0 Å². The van der Waals surface area contributed by atoms with Crippen LogP contribution in [-0.2, 0) is 23.9 Å². The second kappa shape index (κ2) is 12.2. The van der Waals surface area contributed by atoms with Gasteiger partial charge in [0, 0.05) is 46.6 Å². The number of aryl methyl sites for hydroxylation is 1. The zero-order valence-corrected chi connectivity index (χ0v) is 24.6. The van der Waals surface area contributed by atoms with E-state index in [1.165, 1.54) is 34.6 Å². The molecule has 3 heterocycles. The number of esters is 2. The number of nitro benzene ring substituents is 1. The SMILES string of the molecule is CCOC(=O)C1=C(N)N(c2cc([N+](=O)[O-])ccc2C)C2=C(C(=O)[C@@H](C(=O)OCC)[C@H](c3cccs3)C2)[C@@H]1c1cccnc1. The summed E-state index contributed by atoms with van der Waals surface area (Å²) in [6, 6.07) is 11.4. The molecule has 2 N–H and O–H groups in total. The number of pyridine rings is 1. The Labute approximate surface area is 251 Å². The molecule has 43 heavy (non-hydrogen) atoms. The van der Waals surface area contributed by atoms with E-state index in [2.05, 4.69) is 4.98 Å². The third-order valence-electron chi connectivity index (χ3n) is 7.65. The fourth-order valence-electron chi connectivity index (χ4n) is 5.82. The predicted octanol–water partition coefficient (Wildman–Crippen LogP) is 4.89. The van der Waals surface area contributed by atoms with Crippen LogP contribution in [0.1, 0.15) is 48.1 Å². The molecule has 11 nitrogen and oxygen atoms in total. The molecule has 3 atom stereocenters. The molecule has 0 spiro atoms. The number of nitrogens with zero attached hydrogens (tertiary/aromatic N) is 3. The Balaban J connectivity index is 1.85. The van der Waals surface area contributed by atoms with Crippen LogP contribution in [0.15, 0.2) is 82.9 Å². The van der Waals surface area contributed by atoms with Gasteiger partial charge in [0.2, 0.25) is 0 Å². The van der Waals surface area contributed by atoms with Crippen molar-refractivity contribution < 1.29 is 28.8 Å². The first-order chi connectivity index (χ1) is 20.7. The Morgan fingerprint density at radius 1 is 1.16 bits per heavy atom. The first-order valence-corrected chi connectivity index (χ1v) is 14.7. The molecule has 5 rings (SSSR count). The number of carbonyl (C=O) groups excluding carboxylic acids is 3. The van der Waals surface area contributed by atoms with E-state index in [1.54, 1.807) is 45.2 Å². The Morgan fingerprint density at radius 2 is 1.93 bits per heavy atom. The van der Waals surface area contributed by atoms with E-state index in [1.807, 2.05) is 17.5 Å². The van der Waals surface area contributed by atoms with Gasteiger partial charge in [-0.05, 0) is 55.8 Å². The van der Waals surface area contributed by atoms with Gasteiger partial charge in [-0.3, -0.25) is 29.6 Å². The molecule has 0 unspecified atom stereocenters. The molecule has 0 saturated carbocycles. The first-order valence-electron chi connectivity index (χ1n) is 13.8.